The standard InChI is InChI=1S/C8H14N2O4/c1-4(12)10-7-6(13)2-5(3-11)14-8(7)9/h3,5-8,13H,2,9H2,1H3,(H,10,12)/t5?,6?,7?,8-/m1/s1. The maximum atomic E-state index is 10.8. The highest BCUT2D eigenvalue weighted by molar-refractivity contribution is 5.73. The molecule has 1 fully saturated rings. The number of aldehydes is 1. The Labute approximate surface area is 81.4 Å². The molecular weight excluding hydrogens is 188 g/mol. The highest BCUT2D eigenvalue weighted by Crippen LogP contribution is 2.16. The van der Waals surface area contributed by atoms with E-state index in [4.69, 9.17) is 10.5 Å². The smallest absolute Gasteiger partial charge is 0.217 e. The maximum Gasteiger partial charge on any atom is 0.217 e. The number of carbonyl (C=O) groups is 2. The van der Waals surface area contributed by atoms with Gasteiger partial charge in [0.1, 0.15) is 18.6 Å². The summed E-state index contributed by atoms with van der Waals surface area (Å²) in [6.07, 6.45) is -1.64. The van der Waals surface area contributed by atoms with Crippen LogP contribution >= 0.6 is 0 Å². The summed E-state index contributed by atoms with van der Waals surface area (Å²) in [4.78, 5) is 21.2. The SMILES string of the molecule is CC(=O)NC1C(O)CC(C=O)O[C@H]1N. The van der Waals surface area contributed by atoms with Gasteiger partial charge in [-0.1, -0.05) is 0 Å². The Kier molecular flexibility index (Phi) is 3.56. The first-order valence-electron chi connectivity index (χ1n) is 4.36. The largest absolute Gasteiger partial charge is 0.391 e. The fourth-order valence-electron chi connectivity index (χ4n) is 1.45. The Balaban J connectivity index is 2.60. The van der Waals surface area contributed by atoms with Crippen molar-refractivity contribution in [3.8, 4) is 0 Å². The van der Waals surface area contributed by atoms with Crippen LogP contribution in [0.2, 0.25) is 0 Å². The third-order valence-corrected chi connectivity index (χ3v) is 2.10. The Morgan fingerprint density at radius 3 is 2.79 bits per heavy atom. The second-order valence-electron chi connectivity index (χ2n) is 3.30. The van der Waals surface area contributed by atoms with Gasteiger partial charge in [0.05, 0.1) is 12.1 Å². The Morgan fingerprint density at radius 2 is 2.36 bits per heavy atom. The van der Waals surface area contributed by atoms with E-state index in [0.717, 1.165) is 0 Å². The van der Waals surface area contributed by atoms with Gasteiger partial charge in [0.15, 0.2) is 0 Å². The molecule has 0 radical (unpaired) electrons. The topological polar surface area (TPSA) is 102 Å². The van der Waals surface area contributed by atoms with Gasteiger partial charge < -0.3 is 25.7 Å². The lowest BCUT2D eigenvalue weighted by Gasteiger charge is -2.36. The summed E-state index contributed by atoms with van der Waals surface area (Å²) >= 11 is 0. The van der Waals surface area contributed by atoms with Gasteiger partial charge in [-0.2, -0.15) is 0 Å². The molecule has 4 atom stereocenters. The average Bonchev–Trinajstić information content (AvgIpc) is 2.10. The predicted molar refractivity (Wildman–Crippen MR) is 47.1 cm³/mol. The molecule has 0 aromatic carbocycles. The summed E-state index contributed by atoms with van der Waals surface area (Å²) in [5.74, 6) is -0.294. The number of hydrogen-bond donors (Lipinski definition) is 3. The number of ether oxygens (including phenoxy) is 1. The van der Waals surface area contributed by atoms with E-state index in [1.165, 1.54) is 6.92 Å². The molecule has 1 saturated heterocycles. The van der Waals surface area contributed by atoms with Crippen molar-refractivity contribution in [3.63, 3.8) is 0 Å². The van der Waals surface area contributed by atoms with Crippen LogP contribution in [0, 0.1) is 0 Å². The highest BCUT2D eigenvalue weighted by Gasteiger charge is 2.36. The number of rotatable bonds is 2. The molecule has 1 rings (SSSR count). The minimum Gasteiger partial charge on any atom is -0.391 e. The van der Waals surface area contributed by atoms with Gasteiger partial charge in [-0.25, -0.2) is 0 Å². The lowest BCUT2D eigenvalue weighted by molar-refractivity contribution is -0.144. The summed E-state index contributed by atoms with van der Waals surface area (Å²) in [5, 5.41) is 12.0. The molecule has 0 bridgehead atoms. The van der Waals surface area contributed by atoms with Crippen LogP contribution in [0.4, 0.5) is 0 Å². The summed E-state index contributed by atoms with van der Waals surface area (Å²) in [6.45, 7) is 1.32. The highest BCUT2D eigenvalue weighted by atomic mass is 16.5. The van der Waals surface area contributed by atoms with Crippen molar-refractivity contribution in [2.45, 2.75) is 37.8 Å². The molecule has 6 nitrogen and oxygen atoms in total. The summed E-state index contributed by atoms with van der Waals surface area (Å²) in [6, 6.07) is -0.649. The number of nitrogens with two attached hydrogens (primary N) is 1. The van der Waals surface area contributed by atoms with Crippen LogP contribution in [0.15, 0.2) is 0 Å². The van der Waals surface area contributed by atoms with E-state index in [2.05, 4.69) is 5.32 Å². The molecular formula is C8H14N2O4. The van der Waals surface area contributed by atoms with Crippen LogP contribution in [-0.2, 0) is 14.3 Å². The molecule has 0 aromatic heterocycles. The molecule has 0 saturated carbocycles. The number of amides is 1. The van der Waals surface area contributed by atoms with E-state index < -0.39 is 24.5 Å². The third-order valence-electron chi connectivity index (χ3n) is 2.10. The Hall–Kier alpha value is -0.980. The molecule has 14 heavy (non-hydrogen) atoms. The first-order valence-corrected chi connectivity index (χ1v) is 4.36. The monoisotopic (exact) mass is 202 g/mol. The molecule has 0 aliphatic carbocycles. The van der Waals surface area contributed by atoms with Gasteiger partial charge in [0, 0.05) is 13.3 Å². The van der Waals surface area contributed by atoms with E-state index >= 15 is 0 Å². The van der Waals surface area contributed by atoms with E-state index in [0.29, 0.717) is 6.29 Å². The van der Waals surface area contributed by atoms with Gasteiger partial charge >= 0.3 is 0 Å². The van der Waals surface area contributed by atoms with Crippen molar-refractivity contribution >= 4 is 12.2 Å². The average molecular weight is 202 g/mol. The zero-order valence-corrected chi connectivity index (χ0v) is 7.84. The van der Waals surface area contributed by atoms with Gasteiger partial charge in [-0.3, -0.25) is 4.79 Å². The van der Waals surface area contributed by atoms with Crippen molar-refractivity contribution < 1.29 is 19.4 Å². The van der Waals surface area contributed by atoms with Crippen LogP contribution < -0.4 is 11.1 Å². The number of nitrogens with one attached hydrogen (secondary N) is 1. The maximum absolute atomic E-state index is 10.8. The number of aliphatic hydroxyl groups excluding tert-OH is 1. The zero-order chi connectivity index (χ0) is 10.7. The number of hydrogen-bond acceptors (Lipinski definition) is 5. The van der Waals surface area contributed by atoms with E-state index in [1.54, 1.807) is 0 Å². The van der Waals surface area contributed by atoms with Crippen LogP contribution in [0.3, 0.4) is 0 Å². The van der Waals surface area contributed by atoms with E-state index in [-0.39, 0.29) is 12.3 Å². The second-order valence-corrected chi connectivity index (χ2v) is 3.30. The van der Waals surface area contributed by atoms with Crippen molar-refractivity contribution in [1.29, 1.82) is 0 Å². The predicted octanol–water partition coefficient (Wildman–Crippen LogP) is -1.88. The van der Waals surface area contributed by atoms with Crippen molar-refractivity contribution in [1.82, 2.24) is 5.32 Å². The van der Waals surface area contributed by atoms with E-state index in [1.807, 2.05) is 0 Å². The first kappa shape index (κ1) is 11.1. The van der Waals surface area contributed by atoms with Crippen LogP contribution in [0.5, 0.6) is 0 Å². The molecule has 1 aliphatic heterocycles. The normalized spacial score (nSPS) is 37.6. The minimum atomic E-state index is -0.849. The zero-order valence-electron chi connectivity index (χ0n) is 7.84. The van der Waals surface area contributed by atoms with E-state index in [9.17, 15) is 14.7 Å². The van der Waals surface area contributed by atoms with Crippen LogP contribution in [0.25, 0.3) is 0 Å². The van der Waals surface area contributed by atoms with Gasteiger partial charge in [0.2, 0.25) is 5.91 Å². The summed E-state index contributed by atoms with van der Waals surface area (Å²) in [7, 11) is 0. The summed E-state index contributed by atoms with van der Waals surface area (Å²) < 4.78 is 5.05. The van der Waals surface area contributed by atoms with Crippen molar-refractivity contribution in [2.75, 3.05) is 0 Å². The fourth-order valence-corrected chi connectivity index (χ4v) is 1.45. The molecule has 0 spiro atoms. The number of aliphatic hydroxyl groups is 1. The van der Waals surface area contributed by atoms with Gasteiger partial charge in [-0.05, 0) is 0 Å². The minimum absolute atomic E-state index is 0.155. The molecule has 80 valence electrons. The quantitative estimate of drug-likeness (QED) is 0.455. The lowest BCUT2D eigenvalue weighted by atomic mass is 10.00. The number of carbonyl (C=O) groups excluding carboxylic acids is 2. The molecule has 0 aromatic rings. The Morgan fingerprint density at radius 1 is 1.71 bits per heavy atom. The third kappa shape index (κ3) is 2.50. The molecule has 1 amide bonds. The molecule has 6 heteroatoms. The molecule has 1 heterocycles. The van der Waals surface area contributed by atoms with Crippen molar-refractivity contribution in [2.24, 2.45) is 5.73 Å². The Bertz CT molecular complexity index is 221. The van der Waals surface area contributed by atoms with Gasteiger partial charge in [-0.15, -0.1) is 0 Å². The lowest BCUT2D eigenvalue weighted by Crippen LogP contribution is -2.60. The molecule has 4 N–H and O–H groups in total. The first-order chi connectivity index (χ1) is 6.54. The van der Waals surface area contributed by atoms with Crippen LogP contribution in [-0.4, -0.2) is 41.8 Å². The van der Waals surface area contributed by atoms with Gasteiger partial charge in [0.25, 0.3) is 0 Å². The second kappa shape index (κ2) is 4.50. The fraction of sp³-hybridized carbons (Fsp3) is 0.750. The molecule has 1 aliphatic rings. The molecule has 3 unspecified atom stereocenters. The van der Waals surface area contributed by atoms with Crippen LogP contribution in [0.1, 0.15) is 13.3 Å². The van der Waals surface area contributed by atoms with Crippen molar-refractivity contribution in [3.05, 3.63) is 0 Å². The summed E-state index contributed by atoms with van der Waals surface area (Å²) in [5.41, 5.74) is 5.53.